The highest BCUT2D eigenvalue weighted by Crippen LogP contribution is 2.31. The van der Waals surface area contributed by atoms with Crippen LogP contribution in [0.25, 0.3) is 0 Å². The molecule has 0 radical (unpaired) electrons. The van der Waals surface area contributed by atoms with Gasteiger partial charge in [-0.15, -0.1) is 5.10 Å². The number of benzene rings is 1. The maximum atomic E-state index is 14.8. The number of aromatic nitrogens is 3. The number of halogens is 1. The van der Waals surface area contributed by atoms with Crippen molar-refractivity contribution in [2.45, 2.75) is 31.9 Å². The van der Waals surface area contributed by atoms with Gasteiger partial charge in [-0.05, 0) is 37.0 Å². The number of nitriles is 1. The van der Waals surface area contributed by atoms with E-state index >= 15 is 0 Å². The molecule has 146 valence electrons. The lowest BCUT2D eigenvalue weighted by Gasteiger charge is -2.33. The van der Waals surface area contributed by atoms with E-state index in [1.54, 1.807) is 29.2 Å². The van der Waals surface area contributed by atoms with E-state index in [9.17, 15) is 9.18 Å². The monoisotopic (exact) mass is 384 g/mol. The summed E-state index contributed by atoms with van der Waals surface area (Å²) < 4.78 is 21.7. The standard InChI is InChI=1S/C19H21FN6O2/c20-17-11-15(1-2-18(17)24-8-4-14(3-6-21)5-9-24)26-13-16(28-19(26)27)12-25-10-7-22-23-25/h1-2,7,10-11,14,16H,3-5,8-9,12-13H2. The van der Waals surface area contributed by atoms with E-state index in [1.165, 1.54) is 11.0 Å². The Bertz CT molecular complexity index is 873. The minimum Gasteiger partial charge on any atom is -0.442 e. The molecular formula is C19H21FN6O2. The summed E-state index contributed by atoms with van der Waals surface area (Å²) in [4.78, 5) is 15.6. The average Bonchev–Trinajstić information content (AvgIpc) is 3.32. The van der Waals surface area contributed by atoms with Crippen LogP contribution in [0.2, 0.25) is 0 Å². The van der Waals surface area contributed by atoms with E-state index in [0.29, 0.717) is 36.8 Å². The Morgan fingerprint density at radius 1 is 1.32 bits per heavy atom. The first-order valence-corrected chi connectivity index (χ1v) is 9.37. The fourth-order valence-corrected chi connectivity index (χ4v) is 3.79. The van der Waals surface area contributed by atoms with Crippen LogP contribution in [-0.4, -0.2) is 46.8 Å². The van der Waals surface area contributed by atoms with Crippen molar-refractivity contribution in [3.63, 3.8) is 0 Å². The van der Waals surface area contributed by atoms with Gasteiger partial charge in [0.25, 0.3) is 0 Å². The van der Waals surface area contributed by atoms with E-state index in [1.807, 2.05) is 4.90 Å². The smallest absolute Gasteiger partial charge is 0.414 e. The molecule has 28 heavy (non-hydrogen) atoms. The number of piperidine rings is 1. The third kappa shape index (κ3) is 3.76. The average molecular weight is 384 g/mol. The molecule has 3 heterocycles. The van der Waals surface area contributed by atoms with Crippen LogP contribution in [0.1, 0.15) is 19.3 Å². The summed E-state index contributed by atoms with van der Waals surface area (Å²) in [5, 5.41) is 16.4. The van der Waals surface area contributed by atoms with Crippen LogP contribution in [0, 0.1) is 23.1 Å². The summed E-state index contributed by atoms with van der Waals surface area (Å²) in [6.45, 7) is 2.19. The Morgan fingerprint density at radius 3 is 2.82 bits per heavy atom. The summed E-state index contributed by atoms with van der Waals surface area (Å²) >= 11 is 0. The molecule has 2 fully saturated rings. The zero-order valence-electron chi connectivity index (χ0n) is 15.4. The van der Waals surface area contributed by atoms with Crippen molar-refractivity contribution in [2.24, 2.45) is 5.92 Å². The second-order valence-electron chi connectivity index (χ2n) is 7.17. The van der Waals surface area contributed by atoms with Gasteiger partial charge >= 0.3 is 6.09 Å². The van der Waals surface area contributed by atoms with Crippen LogP contribution < -0.4 is 9.80 Å². The molecule has 0 spiro atoms. The van der Waals surface area contributed by atoms with Crippen molar-refractivity contribution in [2.75, 3.05) is 29.4 Å². The number of carbonyl (C=O) groups excluding carboxylic acids is 1. The van der Waals surface area contributed by atoms with Crippen molar-refractivity contribution < 1.29 is 13.9 Å². The Labute approximate surface area is 162 Å². The molecule has 8 nitrogen and oxygen atoms in total. The van der Waals surface area contributed by atoms with Gasteiger partial charge in [-0.3, -0.25) is 4.90 Å². The maximum Gasteiger partial charge on any atom is 0.414 e. The highest BCUT2D eigenvalue weighted by Gasteiger charge is 2.33. The van der Waals surface area contributed by atoms with Crippen LogP contribution in [0.4, 0.5) is 20.6 Å². The number of nitrogens with zero attached hydrogens (tertiary/aromatic N) is 6. The number of rotatable bonds is 5. The molecule has 1 atom stereocenters. The van der Waals surface area contributed by atoms with Crippen molar-refractivity contribution in [3.8, 4) is 6.07 Å². The van der Waals surface area contributed by atoms with Crippen LogP contribution >= 0.6 is 0 Å². The number of carbonyl (C=O) groups is 1. The molecular weight excluding hydrogens is 363 g/mol. The molecule has 4 rings (SSSR count). The van der Waals surface area contributed by atoms with Crippen molar-refractivity contribution in [1.29, 1.82) is 5.26 Å². The molecule has 1 aromatic carbocycles. The normalized spacial score (nSPS) is 20.3. The molecule has 2 aliphatic heterocycles. The van der Waals surface area contributed by atoms with Crippen LogP contribution in [0.3, 0.4) is 0 Å². The number of cyclic esters (lactones) is 1. The predicted octanol–water partition coefficient (Wildman–Crippen LogP) is 2.57. The Hall–Kier alpha value is -3.15. The summed E-state index contributed by atoms with van der Waals surface area (Å²) in [6, 6.07) is 7.06. The van der Waals surface area contributed by atoms with Crippen molar-refractivity contribution in [1.82, 2.24) is 15.0 Å². The first kappa shape index (κ1) is 18.2. The molecule has 0 bridgehead atoms. The number of hydrogen-bond donors (Lipinski definition) is 0. The summed E-state index contributed by atoms with van der Waals surface area (Å²) in [7, 11) is 0. The third-order valence-corrected chi connectivity index (χ3v) is 5.31. The SMILES string of the molecule is N#CCC1CCN(c2ccc(N3CC(Cn4ccnn4)OC3=O)cc2F)CC1. The number of ether oxygens (including phenoxy) is 1. The van der Waals surface area contributed by atoms with Gasteiger partial charge in [0.1, 0.15) is 11.9 Å². The first-order valence-electron chi connectivity index (χ1n) is 9.37. The van der Waals surface area contributed by atoms with E-state index in [0.717, 1.165) is 25.9 Å². The minimum absolute atomic E-state index is 0.330. The second-order valence-corrected chi connectivity index (χ2v) is 7.17. The summed E-state index contributed by atoms with van der Waals surface area (Å²) in [5.74, 6) is 0.0358. The lowest BCUT2D eigenvalue weighted by molar-refractivity contribution is 0.129. The van der Waals surface area contributed by atoms with Gasteiger partial charge in [-0.1, -0.05) is 5.21 Å². The van der Waals surface area contributed by atoms with Crippen LogP contribution in [0.5, 0.6) is 0 Å². The number of amides is 1. The highest BCUT2D eigenvalue weighted by molar-refractivity contribution is 5.90. The van der Waals surface area contributed by atoms with Crippen molar-refractivity contribution >= 4 is 17.5 Å². The molecule has 0 saturated carbocycles. The first-order chi connectivity index (χ1) is 13.6. The summed E-state index contributed by atoms with van der Waals surface area (Å²) in [5.41, 5.74) is 1.01. The molecule has 1 aromatic heterocycles. The topological polar surface area (TPSA) is 87.3 Å². The highest BCUT2D eigenvalue weighted by atomic mass is 19.1. The second kappa shape index (κ2) is 7.84. The van der Waals surface area contributed by atoms with Crippen LogP contribution in [-0.2, 0) is 11.3 Å². The van der Waals surface area contributed by atoms with Gasteiger partial charge < -0.3 is 9.64 Å². The van der Waals surface area contributed by atoms with E-state index in [4.69, 9.17) is 10.00 Å². The Balaban J connectivity index is 1.42. The zero-order valence-corrected chi connectivity index (χ0v) is 15.4. The molecule has 0 aliphatic carbocycles. The Morgan fingerprint density at radius 2 is 2.14 bits per heavy atom. The van der Waals surface area contributed by atoms with E-state index in [-0.39, 0.29) is 11.9 Å². The zero-order chi connectivity index (χ0) is 19.5. The predicted molar refractivity (Wildman–Crippen MR) is 99.2 cm³/mol. The van der Waals surface area contributed by atoms with Gasteiger partial charge in [0.15, 0.2) is 0 Å². The fraction of sp³-hybridized carbons (Fsp3) is 0.474. The fourth-order valence-electron chi connectivity index (χ4n) is 3.79. The van der Waals surface area contributed by atoms with E-state index < -0.39 is 6.09 Å². The van der Waals surface area contributed by atoms with Gasteiger partial charge in [0.05, 0.1) is 36.7 Å². The van der Waals surface area contributed by atoms with Crippen molar-refractivity contribution in [3.05, 3.63) is 36.4 Å². The lowest BCUT2D eigenvalue weighted by atomic mass is 9.94. The molecule has 2 aromatic rings. The molecule has 9 heteroatoms. The molecule has 2 saturated heterocycles. The minimum atomic E-state index is -0.491. The third-order valence-electron chi connectivity index (χ3n) is 5.31. The molecule has 1 unspecified atom stereocenters. The van der Waals surface area contributed by atoms with Gasteiger partial charge in [0.2, 0.25) is 0 Å². The van der Waals surface area contributed by atoms with Gasteiger partial charge in [-0.2, -0.15) is 5.26 Å². The molecule has 0 N–H and O–H groups in total. The molecule has 2 aliphatic rings. The largest absolute Gasteiger partial charge is 0.442 e. The van der Waals surface area contributed by atoms with Gasteiger partial charge in [-0.25, -0.2) is 13.9 Å². The Kier molecular flexibility index (Phi) is 5.10. The van der Waals surface area contributed by atoms with Crippen LogP contribution in [0.15, 0.2) is 30.6 Å². The molecule has 1 amide bonds. The lowest BCUT2D eigenvalue weighted by Crippen LogP contribution is -2.34. The van der Waals surface area contributed by atoms with E-state index in [2.05, 4.69) is 16.4 Å². The van der Waals surface area contributed by atoms with Gasteiger partial charge in [0, 0.05) is 25.7 Å². The summed E-state index contributed by atoms with van der Waals surface area (Å²) in [6.07, 6.45) is 4.73. The quantitative estimate of drug-likeness (QED) is 0.787. The number of anilines is 2. The maximum absolute atomic E-state index is 14.8. The number of hydrogen-bond acceptors (Lipinski definition) is 6.